The number of furan rings is 1. The number of nitrogens with one attached hydrogen (secondary N) is 1. The second-order valence-electron chi connectivity index (χ2n) is 6.18. The number of nitrogens with two attached hydrogens (primary N) is 1. The van der Waals surface area contributed by atoms with Crippen molar-refractivity contribution in [3.05, 3.63) is 63.8 Å². The van der Waals surface area contributed by atoms with Crippen LogP contribution in [0.5, 0.6) is 0 Å². The Kier molecular flexibility index (Phi) is 5.51. The lowest BCUT2D eigenvalue weighted by Gasteiger charge is -2.13. The molecule has 0 radical (unpaired) electrons. The summed E-state index contributed by atoms with van der Waals surface area (Å²) in [6.45, 7) is 3.21. The van der Waals surface area contributed by atoms with Crippen LogP contribution < -0.4 is 11.1 Å². The van der Waals surface area contributed by atoms with Crippen molar-refractivity contribution in [2.24, 2.45) is 5.73 Å². The highest BCUT2D eigenvalue weighted by atomic mass is 79.9. The second kappa shape index (κ2) is 7.85. The maximum absolute atomic E-state index is 12.4. The van der Waals surface area contributed by atoms with Gasteiger partial charge in [0.15, 0.2) is 6.10 Å². The van der Waals surface area contributed by atoms with Gasteiger partial charge in [0.05, 0.1) is 0 Å². The molecule has 0 saturated heterocycles. The fraction of sp³-hybridized carbons (Fsp3) is 0.150. The second-order valence-corrected chi connectivity index (χ2v) is 7.09. The first-order chi connectivity index (χ1) is 13.3. The normalized spacial score (nSPS) is 11.8. The van der Waals surface area contributed by atoms with Gasteiger partial charge in [-0.1, -0.05) is 15.9 Å². The van der Waals surface area contributed by atoms with E-state index in [4.69, 9.17) is 14.9 Å². The average molecular weight is 445 g/mol. The van der Waals surface area contributed by atoms with Crippen molar-refractivity contribution in [1.82, 2.24) is 0 Å². The lowest BCUT2D eigenvalue weighted by Crippen LogP contribution is -2.30. The van der Waals surface area contributed by atoms with Gasteiger partial charge < -0.3 is 20.2 Å². The first-order valence-electron chi connectivity index (χ1n) is 8.36. The van der Waals surface area contributed by atoms with Crippen molar-refractivity contribution in [1.29, 1.82) is 0 Å². The van der Waals surface area contributed by atoms with Gasteiger partial charge in [-0.2, -0.15) is 0 Å². The van der Waals surface area contributed by atoms with E-state index in [-0.39, 0.29) is 5.76 Å². The molecule has 0 spiro atoms. The number of hydrogen-bond donors (Lipinski definition) is 2. The molecule has 1 unspecified atom stereocenters. The molecular weight excluding hydrogens is 428 g/mol. The molecule has 28 heavy (non-hydrogen) atoms. The fourth-order valence-electron chi connectivity index (χ4n) is 2.62. The standard InChI is InChI=1S/C20H17BrN2O5/c1-10-15-9-13(21)5-8-16(15)28-17(10)20(26)27-11(2)19(25)23-14-6-3-12(4-7-14)18(22)24/h3-9,11H,1-2H3,(H2,22,24)(H,23,25). The Morgan fingerprint density at radius 3 is 2.46 bits per heavy atom. The molecule has 0 aliphatic heterocycles. The molecule has 0 bridgehead atoms. The average Bonchev–Trinajstić information content (AvgIpc) is 2.98. The molecule has 0 saturated carbocycles. The van der Waals surface area contributed by atoms with Gasteiger partial charge in [0.25, 0.3) is 5.91 Å². The molecule has 2 aromatic carbocycles. The number of esters is 1. The van der Waals surface area contributed by atoms with E-state index in [1.807, 2.05) is 6.07 Å². The molecule has 1 heterocycles. The van der Waals surface area contributed by atoms with E-state index >= 15 is 0 Å². The van der Waals surface area contributed by atoms with Gasteiger partial charge in [0, 0.05) is 26.7 Å². The summed E-state index contributed by atoms with van der Waals surface area (Å²) >= 11 is 3.38. The van der Waals surface area contributed by atoms with Crippen LogP contribution in [-0.2, 0) is 9.53 Å². The van der Waals surface area contributed by atoms with Crippen LogP contribution >= 0.6 is 15.9 Å². The minimum Gasteiger partial charge on any atom is -0.449 e. The molecule has 7 nitrogen and oxygen atoms in total. The van der Waals surface area contributed by atoms with E-state index in [0.717, 1.165) is 9.86 Å². The molecule has 3 N–H and O–H groups in total. The molecule has 8 heteroatoms. The first kappa shape index (κ1) is 19.6. The molecule has 3 aromatic rings. The largest absolute Gasteiger partial charge is 0.449 e. The Labute approximate surface area is 169 Å². The number of rotatable bonds is 5. The maximum Gasteiger partial charge on any atom is 0.375 e. The van der Waals surface area contributed by atoms with Crippen LogP contribution in [0.25, 0.3) is 11.0 Å². The van der Waals surface area contributed by atoms with Gasteiger partial charge in [0.1, 0.15) is 5.58 Å². The molecule has 1 atom stereocenters. The van der Waals surface area contributed by atoms with Crippen LogP contribution in [0, 0.1) is 6.92 Å². The molecule has 0 aliphatic rings. The smallest absolute Gasteiger partial charge is 0.375 e. The van der Waals surface area contributed by atoms with Crippen LogP contribution in [0.15, 0.2) is 51.4 Å². The third kappa shape index (κ3) is 4.07. The van der Waals surface area contributed by atoms with Crippen molar-refractivity contribution in [2.45, 2.75) is 20.0 Å². The van der Waals surface area contributed by atoms with Crippen molar-refractivity contribution in [3.8, 4) is 0 Å². The van der Waals surface area contributed by atoms with Crippen molar-refractivity contribution >= 4 is 50.4 Å². The predicted octanol–water partition coefficient (Wildman–Crippen LogP) is 3.79. The van der Waals surface area contributed by atoms with E-state index in [2.05, 4.69) is 21.2 Å². The van der Waals surface area contributed by atoms with Gasteiger partial charge in [0.2, 0.25) is 11.7 Å². The Balaban J connectivity index is 1.69. The summed E-state index contributed by atoms with van der Waals surface area (Å²) < 4.78 is 11.7. The van der Waals surface area contributed by atoms with Crippen molar-refractivity contribution < 1.29 is 23.5 Å². The summed E-state index contributed by atoms with van der Waals surface area (Å²) in [5, 5.41) is 3.39. The van der Waals surface area contributed by atoms with E-state index < -0.39 is 23.9 Å². The van der Waals surface area contributed by atoms with E-state index in [9.17, 15) is 14.4 Å². The lowest BCUT2D eigenvalue weighted by atomic mass is 10.1. The van der Waals surface area contributed by atoms with E-state index in [1.165, 1.54) is 31.2 Å². The Hall–Kier alpha value is -3.13. The van der Waals surface area contributed by atoms with Crippen LogP contribution in [0.3, 0.4) is 0 Å². The third-order valence-corrected chi connectivity index (χ3v) is 4.67. The van der Waals surface area contributed by atoms with E-state index in [1.54, 1.807) is 19.1 Å². The Morgan fingerprint density at radius 2 is 1.82 bits per heavy atom. The van der Waals surface area contributed by atoms with Gasteiger partial charge in [-0.05, 0) is 56.3 Å². The molecule has 144 valence electrons. The quantitative estimate of drug-likeness (QED) is 0.581. The number of hydrogen-bond acceptors (Lipinski definition) is 5. The predicted molar refractivity (Wildman–Crippen MR) is 107 cm³/mol. The third-order valence-electron chi connectivity index (χ3n) is 4.17. The summed E-state index contributed by atoms with van der Waals surface area (Å²) in [5.41, 5.74) is 7.14. The zero-order valence-corrected chi connectivity index (χ0v) is 16.7. The fourth-order valence-corrected chi connectivity index (χ4v) is 2.98. The number of carbonyl (C=O) groups excluding carboxylic acids is 3. The monoisotopic (exact) mass is 444 g/mol. The molecule has 3 rings (SSSR count). The SMILES string of the molecule is Cc1c(C(=O)OC(C)C(=O)Nc2ccc(C(N)=O)cc2)oc2ccc(Br)cc12. The summed E-state index contributed by atoms with van der Waals surface area (Å²) in [6.07, 6.45) is -1.05. The number of amides is 2. The number of anilines is 1. The van der Waals surface area contributed by atoms with Gasteiger partial charge in [-0.15, -0.1) is 0 Å². The zero-order chi connectivity index (χ0) is 20.4. The zero-order valence-electron chi connectivity index (χ0n) is 15.1. The number of carbonyl (C=O) groups is 3. The van der Waals surface area contributed by atoms with Crippen LogP contribution in [0.1, 0.15) is 33.4 Å². The summed E-state index contributed by atoms with van der Waals surface area (Å²) in [5.74, 6) is -1.75. The van der Waals surface area contributed by atoms with Gasteiger partial charge in [-0.3, -0.25) is 9.59 Å². The Morgan fingerprint density at radius 1 is 1.14 bits per heavy atom. The number of halogens is 1. The van der Waals surface area contributed by atoms with E-state index in [0.29, 0.717) is 22.4 Å². The molecule has 0 fully saturated rings. The van der Waals surface area contributed by atoms with Crippen molar-refractivity contribution in [2.75, 3.05) is 5.32 Å². The summed E-state index contributed by atoms with van der Waals surface area (Å²) in [4.78, 5) is 35.8. The van der Waals surface area contributed by atoms with Gasteiger partial charge >= 0.3 is 5.97 Å². The highest BCUT2D eigenvalue weighted by Gasteiger charge is 2.24. The van der Waals surface area contributed by atoms with Crippen LogP contribution in [-0.4, -0.2) is 23.9 Å². The minimum absolute atomic E-state index is 0.0542. The number of ether oxygens (including phenoxy) is 1. The molecular formula is C20H17BrN2O5. The lowest BCUT2D eigenvalue weighted by molar-refractivity contribution is -0.123. The van der Waals surface area contributed by atoms with Crippen LogP contribution in [0.2, 0.25) is 0 Å². The van der Waals surface area contributed by atoms with Crippen molar-refractivity contribution in [3.63, 3.8) is 0 Å². The Bertz CT molecular complexity index is 1070. The highest BCUT2D eigenvalue weighted by molar-refractivity contribution is 9.10. The maximum atomic E-state index is 12.4. The number of aryl methyl sites for hydroxylation is 1. The van der Waals surface area contributed by atoms with Crippen LogP contribution in [0.4, 0.5) is 5.69 Å². The summed E-state index contributed by atoms with van der Waals surface area (Å²) in [6, 6.07) is 11.4. The summed E-state index contributed by atoms with van der Waals surface area (Å²) in [7, 11) is 0. The molecule has 0 aliphatic carbocycles. The first-order valence-corrected chi connectivity index (χ1v) is 9.16. The topological polar surface area (TPSA) is 112 Å². The number of fused-ring (bicyclic) bond motifs is 1. The minimum atomic E-state index is -1.05. The highest BCUT2D eigenvalue weighted by Crippen LogP contribution is 2.28. The molecule has 1 aromatic heterocycles. The van der Waals surface area contributed by atoms with Gasteiger partial charge in [-0.25, -0.2) is 4.79 Å². The number of primary amides is 1. The molecule has 2 amide bonds. The number of benzene rings is 2.